The Morgan fingerprint density at radius 3 is 2.25 bits per heavy atom. The molecule has 148 valence electrons. The molecule has 1 atom stereocenters. The van der Waals surface area contributed by atoms with Crippen molar-refractivity contribution in [3.8, 4) is 11.5 Å². The highest BCUT2D eigenvalue weighted by molar-refractivity contribution is 7.92. The SMILES string of the molecule is COc1ccc(OC)c(NS(=O)(=O)c2ccc3c(c2)NC(=O)C(C)C(=O)N3)c1. The Hall–Kier alpha value is -3.27. The van der Waals surface area contributed by atoms with E-state index in [1.54, 1.807) is 12.1 Å². The van der Waals surface area contributed by atoms with Crippen molar-refractivity contribution in [1.29, 1.82) is 0 Å². The number of anilines is 3. The molecule has 0 radical (unpaired) electrons. The van der Waals surface area contributed by atoms with Crippen molar-refractivity contribution in [2.24, 2.45) is 5.92 Å². The van der Waals surface area contributed by atoms with Crippen LogP contribution in [0.5, 0.6) is 11.5 Å². The summed E-state index contributed by atoms with van der Waals surface area (Å²) >= 11 is 0. The molecular weight excluding hydrogens is 386 g/mol. The van der Waals surface area contributed by atoms with Crippen LogP contribution >= 0.6 is 0 Å². The second-order valence-electron chi connectivity index (χ2n) is 6.08. The number of hydrogen-bond acceptors (Lipinski definition) is 6. The number of sulfonamides is 1. The Morgan fingerprint density at radius 1 is 0.929 bits per heavy atom. The highest BCUT2D eigenvalue weighted by atomic mass is 32.2. The van der Waals surface area contributed by atoms with Gasteiger partial charge in [-0.1, -0.05) is 0 Å². The van der Waals surface area contributed by atoms with Gasteiger partial charge in [-0.05, 0) is 37.3 Å². The first-order valence-electron chi connectivity index (χ1n) is 8.26. The van der Waals surface area contributed by atoms with Crippen molar-refractivity contribution in [3.63, 3.8) is 0 Å². The highest BCUT2D eigenvalue weighted by Crippen LogP contribution is 2.33. The number of ether oxygens (including phenoxy) is 2. The third-order valence-electron chi connectivity index (χ3n) is 4.25. The maximum atomic E-state index is 12.8. The molecule has 2 aromatic rings. The number of methoxy groups -OCH3 is 2. The van der Waals surface area contributed by atoms with Gasteiger partial charge in [0.25, 0.3) is 10.0 Å². The second kappa shape index (κ2) is 7.39. The lowest BCUT2D eigenvalue weighted by atomic mass is 10.1. The van der Waals surface area contributed by atoms with Crippen LogP contribution in [0.15, 0.2) is 41.3 Å². The molecule has 10 heteroatoms. The van der Waals surface area contributed by atoms with Crippen LogP contribution in [-0.2, 0) is 19.6 Å². The number of carbonyl (C=O) groups is 2. The minimum absolute atomic E-state index is 0.0970. The quantitative estimate of drug-likeness (QED) is 0.654. The molecule has 1 heterocycles. The Bertz CT molecular complexity index is 1050. The maximum absolute atomic E-state index is 12.8. The van der Waals surface area contributed by atoms with E-state index in [0.29, 0.717) is 17.2 Å². The third kappa shape index (κ3) is 3.72. The molecule has 3 N–H and O–H groups in total. The lowest BCUT2D eigenvalue weighted by Gasteiger charge is -2.14. The van der Waals surface area contributed by atoms with Gasteiger partial charge < -0.3 is 20.1 Å². The average Bonchev–Trinajstić information content (AvgIpc) is 2.77. The molecular formula is C18H19N3O6S. The Balaban J connectivity index is 1.97. The molecule has 0 aliphatic carbocycles. The van der Waals surface area contributed by atoms with Crippen LogP contribution in [0.4, 0.5) is 17.1 Å². The van der Waals surface area contributed by atoms with E-state index in [4.69, 9.17) is 9.47 Å². The maximum Gasteiger partial charge on any atom is 0.262 e. The van der Waals surface area contributed by atoms with Gasteiger partial charge in [-0.3, -0.25) is 14.3 Å². The number of hydrogen-bond donors (Lipinski definition) is 3. The molecule has 0 saturated carbocycles. The van der Waals surface area contributed by atoms with Crippen molar-refractivity contribution >= 4 is 38.9 Å². The first-order valence-corrected chi connectivity index (χ1v) is 9.74. The van der Waals surface area contributed by atoms with Crippen molar-refractivity contribution in [2.45, 2.75) is 11.8 Å². The number of fused-ring (bicyclic) bond motifs is 1. The Morgan fingerprint density at radius 2 is 1.61 bits per heavy atom. The zero-order chi connectivity index (χ0) is 20.5. The number of rotatable bonds is 5. The van der Waals surface area contributed by atoms with Crippen LogP contribution in [0.1, 0.15) is 6.92 Å². The number of carbonyl (C=O) groups excluding carboxylic acids is 2. The summed E-state index contributed by atoms with van der Waals surface area (Å²) in [5, 5.41) is 5.15. The summed E-state index contributed by atoms with van der Waals surface area (Å²) in [6.45, 7) is 1.46. The lowest BCUT2D eigenvalue weighted by molar-refractivity contribution is -0.128. The number of benzene rings is 2. The largest absolute Gasteiger partial charge is 0.497 e. The molecule has 0 fully saturated rings. The molecule has 1 unspecified atom stereocenters. The van der Waals surface area contributed by atoms with E-state index < -0.39 is 27.8 Å². The summed E-state index contributed by atoms with van der Waals surface area (Å²) in [7, 11) is -1.13. The predicted molar refractivity (Wildman–Crippen MR) is 103 cm³/mol. The average molecular weight is 405 g/mol. The number of nitrogens with one attached hydrogen (secondary N) is 3. The zero-order valence-corrected chi connectivity index (χ0v) is 16.2. The van der Waals surface area contributed by atoms with Gasteiger partial charge >= 0.3 is 0 Å². The van der Waals surface area contributed by atoms with Crippen molar-refractivity contribution in [3.05, 3.63) is 36.4 Å². The normalized spacial score (nSPS) is 16.3. The molecule has 1 aliphatic rings. The van der Waals surface area contributed by atoms with Gasteiger partial charge in [0, 0.05) is 6.07 Å². The van der Waals surface area contributed by atoms with Crippen molar-refractivity contribution in [2.75, 3.05) is 29.6 Å². The molecule has 1 aliphatic heterocycles. The minimum atomic E-state index is -4.01. The van der Waals surface area contributed by atoms with Crippen LogP contribution in [-0.4, -0.2) is 34.5 Å². The third-order valence-corrected chi connectivity index (χ3v) is 5.62. The molecule has 0 saturated heterocycles. The van der Waals surface area contributed by atoms with Gasteiger partial charge in [0.2, 0.25) is 11.8 Å². The fraction of sp³-hybridized carbons (Fsp3) is 0.222. The van der Waals surface area contributed by atoms with Gasteiger partial charge in [-0.2, -0.15) is 0 Å². The fourth-order valence-corrected chi connectivity index (χ4v) is 3.69. The molecule has 0 aromatic heterocycles. The fourth-order valence-electron chi connectivity index (χ4n) is 2.60. The van der Waals surface area contributed by atoms with E-state index in [-0.39, 0.29) is 16.3 Å². The number of amides is 2. The molecule has 0 bridgehead atoms. The standard InChI is InChI=1S/C18H19N3O6S/c1-10-17(22)19-13-6-5-12(9-14(13)20-18(10)23)28(24,25)21-15-8-11(26-2)4-7-16(15)27-3/h4-10,21H,1-3H3,(H,19,22)(H,20,23). The molecule has 28 heavy (non-hydrogen) atoms. The smallest absolute Gasteiger partial charge is 0.262 e. The Kier molecular flexibility index (Phi) is 5.14. The monoisotopic (exact) mass is 405 g/mol. The minimum Gasteiger partial charge on any atom is -0.497 e. The highest BCUT2D eigenvalue weighted by Gasteiger charge is 2.28. The first kappa shape index (κ1) is 19.5. The van der Waals surface area contributed by atoms with Crippen LogP contribution in [0.25, 0.3) is 0 Å². The summed E-state index contributed by atoms with van der Waals surface area (Å²) in [4.78, 5) is 23.8. The lowest BCUT2D eigenvalue weighted by Crippen LogP contribution is -2.28. The molecule has 2 amide bonds. The van der Waals surface area contributed by atoms with Gasteiger partial charge in [-0.15, -0.1) is 0 Å². The van der Waals surface area contributed by atoms with Crippen molar-refractivity contribution in [1.82, 2.24) is 0 Å². The topological polar surface area (TPSA) is 123 Å². The van der Waals surface area contributed by atoms with Crippen LogP contribution in [0.3, 0.4) is 0 Å². The molecule has 3 rings (SSSR count). The van der Waals surface area contributed by atoms with E-state index in [1.165, 1.54) is 45.4 Å². The molecule has 0 spiro atoms. The Labute approximate surface area is 162 Å². The molecule has 9 nitrogen and oxygen atoms in total. The predicted octanol–water partition coefficient (Wildman–Crippen LogP) is 2.03. The van der Waals surface area contributed by atoms with Crippen molar-refractivity contribution < 1.29 is 27.5 Å². The van der Waals surface area contributed by atoms with Gasteiger partial charge in [0.15, 0.2) is 0 Å². The van der Waals surface area contributed by atoms with E-state index in [1.807, 2.05) is 0 Å². The molecule has 2 aromatic carbocycles. The van der Waals surface area contributed by atoms with Gasteiger partial charge in [-0.25, -0.2) is 8.42 Å². The van der Waals surface area contributed by atoms with E-state index >= 15 is 0 Å². The summed E-state index contributed by atoms with van der Waals surface area (Å²) in [5.41, 5.74) is 0.714. The van der Waals surface area contributed by atoms with Gasteiger partial charge in [0.1, 0.15) is 17.4 Å². The second-order valence-corrected chi connectivity index (χ2v) is 7.76. The van der Waals surface area contributed by atoms with Gasteiger partial charge in [0.05, 0.1) is 36.2 Å². The summed E-state index contributed by atoms with van der Waals surface area (Å²) in [6.07, 6.45) is 0. The summed E-state index contributed by atoms with van der Waals surface area (Å²) < 4.78 is 38.4. The van der Waals surface area contributed by atoms with E-state index in [2.05, 4.69) is 15.4 Å². The summed E-state index contributed by atoms with van der Waals surface area (Å²) in [6, 6.07) is 8.73. The van der Waals surface area contributed by atoms with Crippen LogP contribution < -0.4 is 24.8 Å². The van der Waals surface area contributed by atoms with Crippen LogP contribution in [0, 0.1) is 5.92 Å². The van der Waals surface area contributed by atoms with E-state index in [0.717, 1.165) is 0 Å². The van der Waals surface area contributed by atoms with E-state index in [9.17, 15) is 18.0 Å². The van der Waals surface area contributed by atoms with Crippen LogP contribution in [0.2, 0.25) is 0 Å². The first-order chi connectivity index (χ1) is 13.2. The summed E-state index contributed by atoms with van der Waals surface area (Å²) in [5.74, 6) is -1.12. The zero-order valence-electron chi connectivity index (χ0n) is 15.4.